The van der Waals surface area contributed by atoms with Crippen LogP contribution in [0.5, 0.6) is 0 Å². The maximum atomic E-state index is 5.24. The third kappa shape index (κ3) is 24.2. The predicted octanol–water partition coefficient (Wildman–Crippen LogP) is 3.93. The SMILES string of the molecule is Cl[P+](Cl)(Br)Br. The molecule has 0 aromatic carbocycles. The lowest BCUT2D eigenvalue weighted by molar-refractivity contribution is 4.71. The molecule has 0 atom stereocenters. The Morgan fingerprint density at radius 1 is 1.20 bits per heavy atom. The van der Waals surface area contributed by atoms with Crippen molar-refractivity contribution in [3.8, 4) is 0 Å². The average molecular weight is 262 g/mol. The van der Waals surface area contributed by atoms with Crippen LogP contribution in [0.3, 0.4) is 0 Å². The monoisotopic (exact) mass is 259 g/mol. The Labute approximate surface area is 56.6 Å². The lowest BCUT2D eigenvalue weighted by Gasteiger charge is -1.75. The summed E-state index contributed by atoms with van der Waals surface area (Å²) in [4.78, 5) is 0. The van der Waals surface area contributed by atoms with Gasteiger partial charge in [0, 0.05) is 0 Å². The molecule has 0 fully saturated rings. The van der Waals surface area contributed by atoms with Crippen LogP contribution in [0.25, 0.3) is 0 Å². The second-order valence-corrected chi connectivity index (χ2v) is 18.9. The van der Waals surface area contributed by atoms with Crippen molar-refractivity contribution >= 4 is 56.8 Å². The summed E-state index contributed by atoms with van der Waals surface area (Å²) in [6, 6.07) is 0. The molecule has 0 aliphatic heterocycles. The topological polar surface area (TPSA) is 0 Å². The molecule has 0 aliphatic rings. The molecule has 0 saturated heterocycles. The van der Waals surface area contributed by atoms with Gasteiger partial charge in [-0.05, 0) is 0 Å². The van der Waals surface area contributed by atoms with Crippen molar-refractivity contribution in [1.29, 1.82) is 0 Å². The maximum absolute atomic E-state index is 5.24. The summed E-state index contributed by atoms with van der Waals surface area (Å²) in [6.07, 6.45) is 0. The highest BCUT2D eigenvalue weighted by Gasteiger charge is 2.26. The Hall–Kier alpha value is 1.97. The number of halogens is 4. The van der Waals surface area contributed by atoms with E-state index in [1.165, 1.54) is 0 Å². The van der Waals surface area contributed by atoms with Crippen molar-refractivity contribution in [3.63, 3.8) is 0 Å². The average Bonchev–Trinajstić information content (AvgIpc) is 0.722. The van der Waals surface area contributed by atoms with E-state index in [1.807, 2.05) is 0 Å². The first-order valence-electron chi connectivity index (χ1n) is 0.676. The normalized spacial score (nSPS) is 12.0. The van der Waals surface area contributed by atoms with Gasteiger partial charge >= 0.3 is 3.37 Å². The second kappa shape index (κ2) is 2.32. The zero-order chi connectivity index (χ0) is 4.50. The van der Waals surface area contributed by atoms with Crippen molar-refractivity contribution in [3.05, 3.63) is 0 Å². The van der Waals surface area contributed by atoms with Gasteiger partial charge in [0.15, 0.2) is 31.0 Å². The Morgan fingerprint density at radius 3 is 1.20 bits per heavy atom. The number of hydrogen-bond donors (Lipinski definition) is 0. The van der Waals surface area contributed by atoms with Gasteiger partial charge in [0.1, 0.15) is 22.5 Å². The van der Waals surface area contributed by atoms with Gasteiger partial charge in [-0.25, -0.2) is 0 Å². The van der Waals surface area contributed by atoms with Gasteiger partial charge in [-0.3, -0.25) is 0 Å². The van der Waals surface area contributed by atoms with Crippen molar-refractivity contribution in [2.75, 3.05) is 0 Å². The summed E-state index contributed by atoms with van der Waals surface area (Å²) in [6.45, 7) is 0. The van der Waals surface area contributed by atoms with Crippen LogP contribution in [0.4, 0.5) is 0 Å². The van der Waals surface area contributed by atoms with Crippen LogP contribution in [0.1, 0.15) is 0 Å². The van der Waals surface area contributed by atoms with Crippen LogP contribution in [0.2, 0.25) is 0 Å². The number of rotatable bonds is 0. The Kier molecular flexibility index (Phi) is 3.24. The molecule has 0 unspecified atom stereocenters. The van der Waals surface area contributed by atoms with E-state index in [4.69, 9.17) is 22.5 Å². The summed E-state index contributed by atoms with van der Waals surface area (Å²) < 4.78 is -1.82. The Bertz CT molecular complexity index is 23.1. The molecule has 0 aromatic heterocycles. The molecule has 0 spiro atoms. The summed E-state index contributed by atoms with van der Waals surface area (Å²) in [5, 5.41) is 0. The molecule has 0 rings (SSSR count). The van der Waals surface area contributed by atoms with E-state index in [9.17, 15) is 0 Å². The lowest BCUT2D eigenvalue weighted by atomic mass is 30.5. The minimum absolute atomic E-state index is 1.82. The van der Waals surface area contributed by atoms with Crippen LogP contribution in [-0.2, 0) is 0 Å². The number of hydrogen-bond acceptors (Lipinski definition) is 0. The van der Waals surface area contributed by atoms with Crippen LogP contribution in [-0.4, -0.2) is 0 Å². The summed E-state index contributed by atoms with van der Waals surface area (Å²) in [7, 11) is 0. The largest absolute Gasteiger partial charge is 0.345 e. The molecule has 5 heteroatoms. The molecule has 0 amide bonds. The molecular formula is Br2Cl2P+. The van der Waals surface area contributed by atoms with Gasteiger partial charge in [-0.1, -0.05) is 0 Å². The smallest absolute Gasteiger partial charge is 0.133 e. The van der Waals surface area contributed by atoms with Crippen molar-refractivity contribution < 1.29 is 0 Å². The third-order valence-electron chi connectivity index (χ3n) is 0. The first-order valence-corrected chi connectivity index (χ1v) is 8.31. The standard InChI is InChI=1S/Br2Cl2P/c1-5(2,3)4/q+1. The van der Waals surface area contributed by atoms with Crippen LogP contribution in [0, 0.1) is 0 Å². The Balaban J connectivity index is 3.02. The molecule has 0 bridgehead atoms. The Morgan fingerprint density at radius 2 is 1.20 bits per heavy atom. The van der Waals surface area contributed by atoms with Gasteiger partial charge in [-0.15, -0.1) is 0 Å². The molecule has 0 heterocycles. The quantitative estimate of drug-likeness (QED) is 0.580. The minimum Gasteiger partial charge on any atom is 0.133 e. The molecule has 0 nitrogen and oxygen atoms in total. The molecule has 32 valence electrons. The van der Waals surface area contributed by atoms with E-state index < -0.39 is 3.37 Å². The van der Waals surface area contributed by atoms with E-state index in [1.54, 1.807) is 0 Å². The fraction of sp³-hybridized carbons (Fsp3) is 0. The highest BCUT2D eigenvalue weighted by Crippen LogP contribution is 2.82. The highest BCUT2D eigenvalue weighted by molar-refractivity contribution is 9.78. The van der Waals surface area contributed by atoms with E-state index in [0.717, 1.165) is 0 Å². The van der Waals surface area contributed by atoms with Gasteiger partial charge in [0.2, 0.25) is 0 Å². The molecular weight excluding hydrogens is 262 g/mol. The highest BCUT2D eigenvalue weighted by atomic mass is 79.9. The van der Waals surface area contributed by atoms with E-state index in [-0.39, 0.29) is 0 Å². The van der Waals surface area contributed by atoms with E-state index in [2.05, 4.69) is 31.0 Å². The van der Waals surface area contributed by atoms with Crippen molar-refractivity contribution in [1.82, 2.24) is 0 Å². The molecule has 0 radical (unpaired) electrons. The van der Waals surface area contributed by atoms with E-state index >= 15 is 0 Å². The molecule has 0 N–H and O–H groups in total. The lowest BCUT2D eigenvalue weighted by Crippen LogP contribution is -1.19. The summed E-state index contributed by atoms with van der Waals surface area (Å²) in [5.74, 6) is 0. The summed E-state index contributed by atoms with van der Waals surface area (Å²) in [5.41, 5.74) is 0. The summed E-state index contributed by atoms with van der Waals surface area (Å²) >= 11 is 16.3. The fourth-order valence-corrected chi connectivity index (χ4v) is 0. The van der Waals surface area contributed by atoms with Gasteiger partial charge in [0.05, 0.1) is 0 Å². The van der Waals surface area contributed by atoms with Crippen molar-refractivity contribution in [2.24, 2.45) is 0 Å². The predicted molar refractivity (Wildman–Crippen MR) is 36.5 cm³/mol. The molecule has 5 heavy (non-hydrogen) atoms. The molecule has 0 aliphatic carbocycles. The van der Waals surface area contributed by atoms with Crippen LogP contribution in [0.15, 0.2) is 0 Å². The van der Waals surface area contributed by atoms with Gasteiger partial charge < -0.3 is 0 Å². The second-order valence-electron chi connectivity index (χ2n) is 0.383. The maximum Gasteiger partial charge on any atom is 0.345 e. The first-order chi connectivity index (χ1) is 2.00. The zero-order valence-corrected chi connectivity index (χ0v) is 7.54. The minimum atomic E-state index is -1.82. The fourth-order valence-electron chi connectivity index (χ4n) is 0. The first kappa shape index (κ1) is 6.97. The molecule has 0 aromatic rings. The van der Waals surface area contributed by atoms with Crippen molar-refractivity contribution in [2.45, 2.75) is 0 Å². The van der Waals surface area contributed by atoms with Crippen LogP contribution < -0.4 is 0 Å². The van der Waals surface area contributed by atoms with Gasteiger partial charge in [-0.2, -0.15) is 0 Å². The van der Waals surface area contributed by atoms with Gasteiger partial charge in [0.25, 0.3) is 0 Å². The zero-order valence-electron chi connectivity index (χ0n) is 1.96. The third-order valence-corrected chi connectivity index (χ3v) is 0. The van der Waals surface area contributed by atoms with E-state index in [0.29, 0.717) is 0 Å². The molecule has 0 saturated carbocycles. The van der Waals surface area contributed by atoms with Crippen LogP contribution >= 0.6 is 56.8 Å².